The van der Waals surface area contributed by atoms with Crippen LogP contribution in [0.5, 0.6) is 5.75 Å². The maximum atomic E-state index is 12.3. The molecule has 0 fully saturated rings. The van der Waals surface area contributed by atoms with E-state index in [1.807, 2.05) is 0 Å². The summed E-state index contributed by atoms with van der Waals surface area (Å²) in [6, 6.07) is 10.0. The first-order valence-electron chi connectivity index (χ1n) is 7.82. The largest absolute Gasteiger partial charge is 0.497 e. The van der Waals surface area contributed by atoms with E-state index >= 15 is 0 Å². The van der Waals surface area contributed by atoms with Gasteiger partial charge in [0.25, 0.3) is 11.8 Å². The Hall–Kier alpha value is -2.93. The van der Waals surface area contributed by atoms with Gasteiger partial charge in [-0.25, -0.2) is 0 Å². The molecule has 0 aliphatic carbocycles. The predicted molar refractivity (Wildman–Crippen MR) is 94.0 cm³/mol. The van der Waals surface area contributed by atoms with Crippen molar-refractivity contribution in [2.45, 2.75) is 6.42 Å². The van der Waals surface area contributed by atoms with E-state index < -0.39 is 5.91 Å². The Morgan fingerprint density at radius 2 is 1.96 bits per heavy atom. The Bertz CT molecular complexity index is 734. The molecule has 0 radical (unpaired) electrons. The van der Waals surface area contributed by atoms with Gasteiger partial charge >= 0.3 is 0 Å². The zero-order valence-corrected chi connectivity index (χ0v) is 14.2. The number of nitrogens with one attached hydrogen (secondary N) is 2. The molecule has 0 unspecified atom stereocenters. The fourth-order valence-corrected chi connectivity index (χ4v) is 2.11. The van der Waals surface area contributed by atoms with Crippen LogP contribution in [0.4, 0.5) is 5.69 Å². The molecule has 2 N–H and O–H groups in total. The van der Waals surface area contributed by atoms with E-state index in [0.29, 0.717) is 30.2 Å². The van der Waals surface area contributed by atoms with Gasteiger partial charge in [0.05, 0.1) is 7.11 Å². The first kappa shape index (κ1) is 18.4. The van der Waals surface area contributed by atoms with E-state index in [0.717, 1.165) is 6.42 Å². The van der Waals surface area contributed by atoms with Gasteiger partial charge in [-0.1, -0.05) is 6.07 Å². The number of nitrogens with zero attached hydrogens (tertiary/aromatic N) is 1. The number of pyridine rings is 1. The summed E-state index contributed by atoms with van der Waals surface area (Å²) in [5.74, 6) is -0.0221. The van der Waals surface area contributed by atoms with Crippen LogP contribution in [0.1, 0.15) is 27.3 Å². The van der Waals surface area contributed by atoms with Crippen LogP contribution in [0.2, 0.25) is 0 Å². The topological polar surface area (TPSA) is 89.5 Å². The van der Waals surface area contributed by atoms with E-state index in [1.54, 1.807) is 44.6 Å². The molecule has 0 saturated heterocycles. The average molecular weight is 343 g/mol. The van der Waals surface area contributed by atoms with Gasteiger partial charge in [0, 0.05) is 43.8 Å². The number of hydrogen-bond acceptors (Lipinski definition) is 5. The lowest BCUT2D eigenvalue weighted by atomic mass is 10.2. The highest BCUT2D eigenvalue weighted by molar-refractivity contribution is 6.04. The molecule has 7 nitrogen and oxygen atoms in total. The summed E-state index contributed by atoms with van der Waals surface area (Å²) < 4.78 is 10.0. The molecule has 1 aromatic carbocycles. The van der Waals surface area contributed by atoms with E-state index in [4.69, 9.17) is 9.47 Å². The van der Waals surface area contributed by atoms with Crippen LogP contribution in [0.15, 0.2) is 42.6 Å². The Morgan fingerprint density at radius 1 is 1.12 bits per heavy atom. The molecule has 0 bridgehead atoms. The molecule has 0 saturated carbocycles. The van der Waals surface area contributed by atoms with Gasteiger partial charge in [-0.15, -0.1) is 0 Å². The number of hydrogen-bond donors (Lipinski definition) is 2. The van der Waals surface area contributed by atoms with Gasteiger partial charge in [-0.2, -0.15) is 0 Å². The molecule has 1 heterocycles. The standard InChI is InChI=1S/C18H21N3O4/c1-24-10-4-8-20-17(22)13-7-9-19-16(11-13)18(23)21-14-5-3-6-15(12-14)25-2/h3,5-7,9,11-12H,4,8,10H2,1-2H3,(H,20,22)(H,21,23). The second-order valence-corrected chi connectivity index (χ2v) is 5.22. The Kier molecular flexibility index (Phi) is 6.91. The van der Waals surface area contributed by atoms with Crippen LogP contribution < -0.4 is 15.4 Å². The zero-order valence-electron chi connectivity index (χ0n) is 14.2. The maximum Gasteiger partial charge on any atom is 0.274 e. The van der Waals surface area contributed by atoms with E-state index in [-0.39, 0.29) is 11.6 Å². The van der Waals surface area contributed by atoms with E-state index in [2.05, 4.69) is 15.6 Å². The molecule has 2 amide bonds. The minimum Gasteiger partial charge on any atom is -0.497 e. The third kappa shape index (κ3) is 5.58. The van der Waals surface area contributed by atoms with Crippen LogP contribution in [-0.2, 0) is 4.74 Å². The molecule has 25 heavy (non-hydrogen) atoms. The van der Waals surface area contributed by atoms with Crippen LogP contribution in [0.25, 0.3) is 0 Å². The van der Waals surface area contributed by atoms with Crippen molar-refractivity contribution in [3.05, 3.63) is 53.9 Å². The van der Waals surface area contributed by atoms with Gasteiger partial charge in [-0.05, 0) is 30.7 Å². The second kappa shape index (κ2) is 9.39. The summed E-state index contributed by atoms with van der Waals surface area (Å²) in [4.78, 5) is 28.4. The Labute approximate surface area is 146 Å². The number of carbonyl (C=O) groups excluding carboxylic acids is 2. The van der Waals surface area contributed by atoms with Crippen molar-refractivity contribution in [3.63, 3.8) is 0 Å². The predicted octanol–water partition coefficient (Wildman–Crippen LogP) is 2.11. The average Bonchev–Trinajstić information content (AvgIpc) is 2.65. The van der Waals surface area contributed by atoms with Crippen molar-refractivity contribution in [2.75, 3.05) is 32.7 Å². The first-order valence-corrected chi connectivity index (χ1v) is 7.82. The van der Waals surface area contributed by atoms with Crippen molar-refractivity contribution in [1.29, 1.82) is 0 Å². The van der Waals surface area contributed by atoms with Crippen LogP contribution in [-0.4, -0.2) is 44.2 Å². The van der Waals surface area contributed by atoms with Crippen molar-refractivity contribution in [3.8, 4) is 5.75 Å². The highest BCUT2D eigenvalue weighted by Crippen LogP contribution is 2.17. The lowest BCUT2D eigenvalue weighted by molar-refractivity contribution is 0.0948. The van der Waals surface area contributed by atoms with Crippen molar-refractivity contribution in [1.82, 2.24) is 10.3 Å². The third-order valence-corrected chi connectivity index (χ3v) is 3.39. The number of amides is 2. The number of methoxy groups -OCH3 is 2. The van der Waals surface area contributed by atoms with Crippen LogP contribution in [0.3, 0.4) is 0 Å². The first-order chi connectivity index (χ1) is 12.1. The van der Waals surface area contributed by atoms with Gasteiger partial charge in [0.1, 0.15) is 11.4 Å². The molecule has 1 aromatic heterocycles. The fraction of sp³-hybridized carbons (Fsp3) is 0.278. The number of carbonyl (C=O) groups is 2. The molecule has 7 heteroatoms. The molecule has 132 valence electrons. The number of aromatic nitrogens is 1. The molecule has 0 aliphatic rings. The third-order valence-electron chi connectivity index (χ3n) is 3.39. The fourth-order valence-electron chi connectivity index (χ4n) is 2.11. The quantitative estimate of drug-likeness (QED) is 0.717. The summed E-state index contributed by atoms with van der Waals surface area (Å²) in [6.45, 7) is 1.07. The molecule has 0 aliphatic heterocycles. The molecule has 2 rings (SSSR count). The summed E-state index contributed by atoms with van der Waals surface area (Å²) >= 11 is 0. The van der Waals surface area contributed by atoms with Crippen molar-refractivity contribution >= 4 is 17.5 Å². The number of anilines is 1. The normalized spacial score (nSPS) is 10.2. The minimum atomic E-state index is -0.401. The summed E-state index contributed by atoms with van der Waals surface area (Å²) in [5.41, 5.74) is 1.12. The lowest BCUT2D eigenvalue weighted by Crippen LogP contribution is -2.25. The van der Waals surface area contributed by atoms with E-state index in [1.165, 1.54) is 12.3 Å². The number of benzene rings is 1. The molecule has 0 spiro atoms. The molecule has 2 aromatic rings. The smallest absolute Gasteiger partial charge is 0.274 e. The molecule has 0 atom stereocenters. The van der Waals surface area contributed by atoms with Crippen LogP contribution >= 0.6 is 0 Å². The monoisotopic (exact) mass is 343 g/mol. The number of ether oxygens (including phenoxy) is 2. The summed E-state index contributed by atoms with van der Waals surface area (Å²) in [5, 5.41) is 5.50. The van der Waals surface area contributed by atoms with Gasteiger partial charge in [0.2, 0.25) is 0 Å². The van der Waals surface area contributed by atoms with E-state index in [9.17, 15) is 9.59 Å². The highest BCUT2D eigenvalue weighted by Gasteiger charge is 2.12. The summed E-state index contributed by atoms with van der Waals surface area (Å²) in [6.07, 6.45) is 2.15. The highest BCUT2D eigenvalue weighted by atomic mass is 16.5. The Balaban J connectivity index is 2.01. The van der Waals surface area contributed by atoms with Gasteiger partial charge in [0.15, 0.2) is 0 Å². The number of rotatable bonds is 8. The Morgan fingerprint density at radius 3 is 2.72 bits per heavy atom. The SMILES string of the molecule is COCCCNC(=O)c1ccnc(C(=O)Nc2cccc(OC)c2)c1. The summed E-state index contributed by atoms with van der Waals surface area (Å²) in [7, 11) is 3.16. The molecular formula is C18H21N3O4. The molecular weight excluding hydrogens is 322 g/mol. The van der Waals surface area contributed by atoms with Gasteiger partial charge < -0.3 is 20.1 Å². The second-order valence-electron chi connectivity index (χ2n) is 5.22. The van der Waals surface area contributed by atoms with Crippen molar-refractivity contribution in [2.24, 2.45) is 0 Å². The lowest BCUT2D eigenvalue weighted by Gasteiger charge is -2.08. The zero-order chi connectivity index (χ0) is 18.1. The maximum absolute atomic E-state index is 12.3. The van der Waals surface area contributed by atoms with Gasteiger partial charge in [-0.3, -0.25) is 14.6 Å². The van der Waals surface area contributed by atoms with Crippen LogP contribution in [0, 0.1) is 0 Å². The minimum absolute atomic E-state index is 0.160. The van der Waals surface area contributed by atoms with Crippen molar-refractivity contribution < 1.29 is 19.1 Å².